The average Bonchev–Trinajstić information content (AvgIpc) is 3.03. The molecule has 8 heteroatoms. The molecule has 0 aliphatic heterocycles. The van der Waals surface area contributed by atoms with E-state index in [4.69, 9.17) is 33.3 Å². The molecule has 1 heterocycles. The number of hydrogen-bond donors (Lipinski definition) is 0. The van der Waals surface area contributed by atoms with Crippen LogP contribution >= 0.6 is 23.8 Å². The van der Waals surface area contributed by atoms with Crippen LogP contribution in [0.25, 0.3) is 5.69 Å². The molecule has 0 spiro atoms. The Balaban J connectivity index is 1.72. The van der Waals surface area contributed by atoms with Gasteiger partial charge in [0.15, 0.2) is 11.5 Å². The van der Waals surface area contributed by atoms with Crippen LogP contribution in [-0.4, -0.2) is 40.0 Å². The molecule has 28 heavy (non-hydrogen) atoms. The van der Waals surface area contributed by atoms with E-state index in [1.54, 1.807) is 18.1 Å². The van der Waals surface area contributed by atoms with Gasteiger partial charge in [0, 0.05) is 11.6 Å². The third-order valence-corrected chi connectivity index (χ3v) is 4.82. The maximum atomic E-state index is 6.08. The van der Waals surface area contributed by atoms with E-state index in [-0.39, 0.29) is 0 Å². The van der Waals surface area contributed by atoms with Gasteiger partial charge in [0.05, 0.1) is 26.1 Å². The lowest BCUT2D eigenvalue weighted by Gasteiger charge is -2.18. The van der Waals surface area contributed by atoms with Crippen molar-refractivity contribution in [2.75, 3.05) is 20.8 Å². The van der Waals surface area contributed by atoms with Gasteiger partial charge in [-0.3, -0.25) is 9.47 Å². The number of ether oxygens (including phenoxy) is 2. The smallest absolute Gasteiger partial charge is 0.203 e. The number of benzene rings is 2. The Labute approximate surface area is 174 Å². The van der Waals surface area contributed by atoms with Gasteiger partial charge in [0.2, 0.25) is 4.77 Å². The number of aromatic nitrogens is 3. The maximum Gasteiger partial charge on any atom is 0.203 e. The Morgan fingerprint density at radius 1 is 1.18 bits per heavy atom. The number of methoxy groups -OCH3 is 1. The Morgan fingerprint density at radius 2 is 2.00 bits per heavy atom. The van der Waals surface area contributed by atoms with E-state index >= 15 is 0 Å². The molecule has 0 N–H and O–H groups in total. The van der Waals surface area contributed by atoms with E-state index in [2.05, 4.69) is 10.00 Å². The molecule has 0 unspecified atom stereocenters. The largest absolute Gasteiger partial charge is 0.493 e. The van der Waals surface area contributed by atoms with Crippen molar-refractivity contribution in [3.8, 4) is 17.2 Å². The van der Waals surface area contributed by atoms with Gasteiger partial charge < -0.3 is 9.47 Å². The van der Waals surface area contributed by atoms with Crippen LogP contribution in [0.2, 0.25) is 5.02 Å². The van der Waals surface area contributed by atoms with Gasteiger partial charge in [-0.1, -0.05) is 23.7 Å². The third-order valence-electron chi connectivity index (χ3n) is 4.18. The van der Waals surface area contributed by atoms with E-state index in [1.165, 1.54) is 0 Å². The summed E-state index contributed by atoms with van der Waals surface area (Å²) in [5.74, 6) is 1.48. The molecule has 0 saturated heterocycles. The lowest BCUT2D eigenvalue weighted by Crippen LogP contribution is -2.22. The van der Waals surface area contributed by atoms with Gasteiger partial charge in [0.1, 0.15) is 6.33 Å². The molecular weight excluding hydrogens is 396 g/mol. The van der Waals surface area contributed by atoms with Crippen LogP contribution in [0.4, 0.5) is 0 Å². The van der Waals surface area contributed by atoms with Gasteiger partial charge in [-0.15, -0.1) is 0 Å². The first-order valence-electron chi connectivity index (χ1n) is 8.90. The highest BCUT2D eigenvalue weighted by atomic mass is 35.5. The van der Waals surface area contributed by atoms with Crippen molar-refractivity contribution >= 4 is 23.8 Å². The SMILES string of the molecule is CCOc1ccc(CN(C)Cn2ncn(-c3cccc(Cl)c3)c2=S)cc1OC. The monoisotopic (exact) mass is 418 g/mol. The molecule has 0 atom stereocenters. The second kappa shape index (κ2) is 9.23. The van der Waals surface area contributed by atoms with Crippen LogP contribution < -0.4 is 9.47 Å². The van der Waals surface area contributed by atoms with Crippen molar-refractivity contribution in [2.24, 2.45) is 0 Å². The fraction of sp³-hybridized carbons (Fsp3) is 0.300. The maximum absolute atomic E-state index is 6.08. The summed E-state index contributed by atoms with van der Waals surface area (Å²) < 4.78 is 15.2. The van der Waals surface area contributed by atoms with Crippen LogP contribution in [0.3, 0.4) is 0 Å². The van der Waals surface area contributed by atoms with Crippen LogP contribution in [0.5, 0.6) is 11.5 Å². The fourth-order valence-corrected chi connectivity index (χ4v) is 3.35. The summed E-state index contributed by atoms with van der Waals surface area (Å²) in [5, 5.41) is 5.08. The molecule has 0 amide bonds. The van der Waals surface area contributed by atoms with E-state index in [9.17, 15) is 0 Å². The molecule has 0 bridgehead atoms. The Morgan fingerprint density at radius 3 is 2.71 bits per heavy atom. The molecule has 3 rings (SSSR count). The average molecular weight is 419 g/mol. The molecule has 3 aromatic rings. The predicted octanol–water partition coefficient (Wildman–Crippen LogP) is 4.55. The molecule has 0 aliphatic rings. The molecule has 0 aliphatic carbocycles. The fourth-order valence-electron chi connectivity index (χ4n) is 2.91. The zero-order chi connectivity index (χ0) is 20.1. The summed E-state index contributed by atoms with van der Waals surface area (Å²) in [6.45, 7) is 3.83. The van der Waals surface area contributed by atoms with Crippen molar-refractivity contribution in [1.29, 1.82) is 0 Å². The van der Waals surface area contributed by atoms with Gasteiger partial charge in [-0.2, -0.15) is 5.10 Å². The topological polar surface area (TPSA) is 44.5 Å². The molecule has 148 valence electrons. The minimum Gasteiger partial charge on any atom is -0.493 e. The summed E-state index contributed by atoms with van der Waals surface area (Å²) >= 11 is 11.7. The molecule has 0 saturated carbocycles. The van der Waals surface area contributed by atoms with Crippen LogP contribution in [0, 0.1) is 4.77 Å². The Kier molecular flexibility index (Phi) is 6.72. The van der Waals surface area contributed by atoms with Gasteiger partial charge in [-0.05, 0) is 62.1 Å². The van der Waals surface area contributed by atoms with Crippen molar-refractivity contribution in [3.05, 3.63) is 64.1 Å². The first-order chi connectivity index (χ1) is 13.5. The normalized spacial score (nSPS) is 11.0. The highest BCUT2D eigenvalue weighted by molar-refractivity contribution is 7.71. The van der Waals surface area contributed by atoms with Crippen molar-refractivity contribution in [2.45, 2.75) is 20.1 Å². The second-order valence-corrected chi connectivity index (χ2v) is 7.14. The number of nitrogens with zero attached hydrogens (tertiary/aromatic N) is 4. The quantitative estimate of drug-likeness (QED) is 0.502. The van der Waals surface area contributed by atoms with E-state index in [0.29, 0.717) is 29.6 Å². The Bertz CT molecular complexity index is 1000. The minimum atomic E-state index is 0.557. The number of hydrogen-bond acceptors (Lipinski definition) is 5. The third kappa shape index (κ3) is 4.73. The standard InChI is InChI=1S/C20H23ClN4O2S/c1-4-27-18-9-8-15(10-19(18)26-3)12-23(2)14-25-20(28)24(13-22-25)17-7-5-6-16(21)11-17/h5-11,13H,4,12,14H2,1-3H3. The zero-order valence-corrected chi connectivity index (χ0v) is 17.7. The predicted molar refractivity (Wildman–Crippen MR) is 113 cm³/mol. The molecular formula is C20H23ClN4O2S. The summed E-state index contributed by atoms with van der Waals surface area (Å²) in [7, 11) is 3.66. The zero-order valence-electron chi connectivity index (χ0n) is 16.1. The van der Waals surface area contributed by atoms with Crippen LogP contribution in [-0.2, 0) is 13.2 Å². The minimum absolute atomic E-state index is 0.557. The molecule has 1 aromatic heterocycles. The number of rotatable bonds is 8. The van der Waals surface area contributed by atoms with Gasteiger partial charge in [-0.25, -0.2) is 4.68 Å². The lowest BCUT2D eigenvalue weighted by atomic mass is 10.2. The molecule has 6 nitrogen and oxygen atoms in total. The first-order valence-corrected chi connectivity index (χ1v) is 9.69. The van der Waals surface area contributed by atoms with Crippen LogP contribution in [0.15, 0.2) is 48.8 Å². The van der Waals surface area contributed by atoms with Crippen molar-refractivity contribution in [1.82, 2.24) is 19.2 Å². The van der Waals surface area contributed by atoms with Crippen molar-refractivity contribution < 1.29 is 9.47 Å². The van der Waals surface area contributed by atoms with E-state index < -0.39 is 0 Å². The molecule has 0 radical (unpaired) electrons. The lowest BCUT2D eigenvalue weighted by molar-refractivity contribution is 0.243. The summed E-state index contributed by atoms with van der Waals surface area (Å²) in [6, 6.07) is 13.5. The Hall–Kier alpha value is -2.35. The second-order valence-electron chi connectivity index (χ2n) is 6.34. The molecule has 0 fully saturated rings. The van der Waals surface area contributed by atoms with Gasteiger partial charge in [0.25, 0.3) is 0 Å². The summed E-state index contributed by atoms with van der Waals surface area (Å²) in [5.41, 5.74) is 2.01. The van der Waals surface area contributed by atoms with E-state index in [1.807, 2.05) is 61.0 Å². The van der Waals surface area contributed by atoms with Crippen molar-refractivity contribution in [3.63, 3.8) is 0 Å². The molecule has 2 aromatic carbocycles. The summed E-state index contributed by atoms with van der Waals surface area (Å²) in [4.78, 5) is 2.13. The highest BCUT2D eigenvalue weighted by Crippen LogP contribution is 2.28. The van der Waals surface area contributed by atoms with Crippen LogP contribution in [0.1, 0.15) is 12.5 Å². The highest BCUT2D eigenvalue weighted by Gasteiger charge is 2.10. The van der Waals surface area contributed by atoms with Gasteiger partial charge >= 0.3 is 0 Å². The summed E-state index contributed by atoms with van der Waals surface area (Å²) in [6.07, 6.45) is 1.71. The number of halogens is 1. The first kappa shape index (κ1) is 20.4. The van der Waals surface area contributed by atoms with E-state index in [0.717, 1.165) is 22.7 Å².